The van der Waals surface area contributed by atoms with E-state index in [4.69, 9.17) is 0 Å². The van der Waals surface area contributed by atoms with Crippen molar-refractivity contribution in [2.75, 3.05) is 13.6 Å². The lowest BCUT2D eigenvalue weighted by molar-refractivity contribution is -0.116. The van der Waals surface area contributed by atoms with Crippen LogP contribution in [0.4, 0.5) is 4.79 Å². The fourth-order valence-electron chi connectivity index (χ4n) is 0.362. The summed E-state index contributed by atoms with van der Waals surface area (Å²) in [6.07, 6.45) is 0. The average Bonchev–Trinajstić information content (AvgIpc) is 1.85. The Morgan fingerprint density at radius 3 is 2.40 bits per heavy atom. The van der Waals surface area contributed by atoms with Crippen LogP contribution in [0.15, 0.2) is 0 Å². The van der Waals surface area contributed by atoms with Gasteiger partial charge in [-0.15, -0.1) is 0 Å². The first-order valence-corrected chi connectivity index (χ1v) is 2.87. The number of carbonyl (C=O) groups is 2. The topological polar surface area (TPSA) is 70.2 Å². The zero-order valence-electron chi connectivity index (χ0n) is 6.02. The van der Waals surface area contributed by atoms with Gasteiger partial charge in [-0.05, 0) is 6.92 Å². The van der Waals surface area contributed by atoms with Crippen LogP contribution < -0.4 is 16.2 Å². The molecule has 58 valence electrons. The number of hydrazine groups is 1. The molecule has 0 saturated heterocycles. The molecule has 0 aromatic heterocycles. The van der Waals surface area contributed by atoms with E-state index in [1.807, 2.05) is 0 Å². The second-order valence-corrected chi connectivity index (χ2v) is 1.76. The van der Waals surface area contributed by atoms with Gasteiger partial charge in [0.2, 0.25) is 0 Å². The fraction of sp³-hybridized carbons (Fsp3) is 0.600. The molecule has 0 aromatic carbocycles. The standard InChI is InChI=1S/C5H11N3O2/c1-4(9)3-7-5(10)8-6-2/h6H,3H2,1-2H3,(H2,7,8,10). The van der Waals surface area contributed by atoms with Crippen molar-refractivity contribution in [1.29, 1.82) is 0 Å². The molecule has 0 aliphatic carbocycles. The Labute approximate surface area is 59.1 Å². The summed E-state index contributed by atoms with van der Waals surface area (Å²) in [6, 6.07) is -0.405. The van der Waals surface area contributed by atoms with Gasteiger partial charge >= 0.3 is 6.03 Å². The van der Waals surface area contributed by atoms with E-state index in [1.165, 1.54) is 6.92 Å². The van der Waals surface area contributed by atoms with Crippen molar-refractivity contribution in [3.05, 3.63) is 0 Å². The number of Topliss-reactive ketones (excluding diaryl/α,β-unsaturated/α-hetero) is 1. The molecule has 0 fully saturated rings. The molecule has 0 radical (unpaired) electrons. The van der Waals surface area contributed by atoms with Crippen LogP contribution in [0.2, 0.25) is 0 Å². The van der Waals surface area contributed by atoms with Crippen LogP contribution in [-0.4, -0.2) is 25.4 Å². The molecule has 0 aliphatic heterocycles. The molecule has 0 heterocycles. The minimum absolute atomic E-state index is 0.0630. The first-order valence-electron chi connectivity index (χ1n) is 2.87. The maximum Gasteiger partial charge on any atom is 0.329 e. The first kappa shape index (κ1) is 8.90. The van der Waals surface area contributed by atoms with Crippen LogP contribution in [-0.2, 0) is 4.79 Å². The van der Waals surface area contributed by atoms with Gasteiger partial charge in [-0.25, -0.2) is 10.2 Å². The van der Waals surface area contributed by atoms with E-state index in [-0.39, 0.29) is 12.3 Å². The lowest BCUT2D eigenvalue weighted by atomic mass is 10.4. The molecule has 0 rings (SSSR count). The van der Waals surface area contributed by atoms with E-state index in [0.29, 0.717) is 0 Å². The largest absolute Gasteiger partial charge is 0.330 e. The predicted molar refractivity (Wildman–Crippen MR) is 36.3 cm³/mol. The van der Waals surface area contributed by atoms with Crippen LogP contribution in [0, 0.1) is 0 Å². The molecule has 5 nitrogen and oxygen atoms in total. The summed E-state index contributed by atoms with van der Waals surface area (Å²) in [6.45, 7) is 1.47. The van der Waals surface area contributed by atoms with Gasteiger partial charge in [-0.1, -0.05) is 0 Å². The molecular weight excluding hydrogens is 134 g/mol. The molecule has 0 saturated carbocycles. The van der Waals surface area contributed by atoms with Crippen molar-refractivity contribution in [3.8, 4) is 0 Å². The first-order chi connectivity index (χ1) is 4.66. The molecule has 5 heteroatoms. The molecule has 0 aliphatic rings. The highest BCUT2D eigenvalue weighted by molar-refractivity contribution is 5.83. The number of nitrogens with one attached hydrogen (secondary N) is 3. The predicted octanol–water partition coefficient (Wildman–Crippen LogP) is -0.991. The Morgan fingerprint density at radius 1 is 1.40 bits per heavy atom. The maximum absolute atomic E-state index is 10.5. The van der Waals surface area contributed by atoms with E-state index in [2.05, 4.69) is 16.2 Å². The molecule has 2 amide bonds. The third-order valence-corrected chi connectivity index (χ3v) is 0.736. The number of ketones is 1. The lowest BCUT2D eigenvalue weighted by Crippen LogP contribution is -2.43. The van der Waals surface area contributed by atoms with E-state index in [0.717, 1.165) is 0 Å². The van der Waals surface area contributed by atoms with Gasteiger partial charge in [0.25, 0.3) is 0 Å². The van der Waals surface area contributed by atoms with Gasteiger partial charge in [0.15, 0.2) is 0 Å². The molecule has 0 atom stereocenters. The van der Waals surface area contributed by atoms with Crippen molar-refractivity contribution in [2.45, 2.75) is 6.92 Å². The molecule has 3 N–H and O–H groups in total. The molecule has 0 aromatic rings. The number of rotatable bonds is 3. The Bertz CT molecular complexity index is 135. The Kier molecular flexibility index (Phi) is 4.23. The zero-order chi connectivity index (χ0) is 7.98. The second kappa shape index (κ2) is 4.75. The second-order valence-electron chi connectivity index (χ2n) is 1.76. The molecule has 10 heavy (non-hydrogen) atoms. The highest BCUT2D eigenvalue weighted by Gasteiger charge is 1.97. The van der Waals surface area contributed by atoms with Crippen LogP contribution in [0.1, 0.15) is 6.92 Å². The fourth-order valence-corrected chi connectivity index (χ4v) is 0.362. The molecule has 0 bridgehead atoms. The summed E-state index contributed by atoms with van der Waals surface area (Å²) in [4.78, 5) is 20.8. The Morgan fingerprint density at radius 2 is 2.00 bits per heavy atom. The van der Waals surface area contributed by atoms with Gasteiger partial charge < -0.3 is 5.32 Å². The minimum Gasteiger partial charge on any atom is -0.330 e. The van der Waals surface area contributed by atoms with Gasteiger partial charge in [-0.2, -0.15) is 0 Å². The van der Waals surface area contributed by atoms with E-state index in [9.17, 15) is 9.59 Å². The summed E-state index contributed by atoms with van der Waals surface area (Å²) >= 11 is 0. The number of urea groups is 1. The SMILES string of the molecule is CNNC(=O)NCC(C)=O. The summed E-state index contributed by atoms with van der Waals surface area (Å²) in [5, 5.41) is 2.32. The van der Waals surface area contributed by atoms with Crippen molar-refractivity contribution >= 4 is 11.8 Å². The smallest absolute Gasteiger partial charge is 0.329 e. The van der Waals surface area contributed by atoms with Crippen LogP contribution in [0.5, 0.6) is 0 Å². The third-order valence-electron chi connectivity index (χ3n) is 0.736. The number of amides is 2. The van der Waals surface area contributed by atoms with Crippen LogP contribution in [0.25, 0.3) is 0 Å². The quantitative estimate of drug-likeness (QED) is 0.446. The van der Waals surface area contributed by atoms with E-state index >= 15 is 0 Å². The van der Waals surface area contributed by atoms with Crippen molar-refractivity contribution in [2.24, 2.45) is 0 Å². The number of hydrogen-bond donors (Lipinski definition) is 3. The summed E-state index contributed by atoms with van der Waals surface area (Å²) in [5.41, 5.74) is 4.67. The summed E-state index contributed by atoms with van der Waals surface area (Å²) in [7, 11) is 1.56. The van der Waals surface area contributed by atoms with Crippen molar-refractivity contribution in [3.63, 3.8) is 0 Å². The zero-order valence-corrected chi connectivity index (χ0v) is 6.02. The minimum atomic E-state index is -0.405. The third kappa shape index (κ3) is 5.04. The molecule has 0 unspecified atom stereocenters. The van der Waals surface area contributed by atoms with Crippen molar-refractivity contribution < 1.29 is 9.59 Å². The molecule has 0 spiro atoms. The maximum atomic E-state index is 10.5. The van der Waals surface area contributed by atoms with Gasteiger partial charge in [0.05, 0.1) is 6.54 Å². The Hall–Kier alpha value is -1.10. The van der Waals surface area contributed by atoms with Crippen LogP contribution in [0.3, 0.4) is 0 Å². The van der Waals surface area contributed by atoms with E-state index < -0.39 is 6.03 Å². The number of carbonyl (C=O) groups excluding carboxylic acids is 2. The van der Waals surface area contributed by atoms with Crippen molar-refractivity contribution in [1.82, 2.24) is 16.2 Å². The van der Waals surface area contributed by atoms with Crippen LogP contribution >= 0.6 is 0 Å². The van der Waals surface area contributed by atoms with Gasteiger partial charge in [0, 0.05) is 7.05 Å². The number of hydrogen-bond acceptors (Lipinski definition) is 3. The highest BCUT2D eigenvalue weighted by Crippen LogP contribution is 1.64. The van der Waals surface area contributed by atoms with Gasteiger partial charge in [-0.3, -0.25) is 10.2 Å². The lowest BCUT2D eigenvalue weighted by Gasteiger charge is -2.02. The van der Waals surface area contributed by atoms with E-state index in [1.54, 1.807) is 7.05 Å². The van der Waals surface area contributed by atoms with Gasteiger partial charge in [0.1, 0.15) is 5.78 Å². The Balaban J connectivity index is 3.30. The average molecular weight is 145 g/mol. The molecular formula is C5H11N3O2. The monoisotopic (exact) mass is 145 g/mol. The summed E-state index contributed by atoms with van der Waals surface area (Å²) in [5.74, 6) is -0.0775. The highest BCUT2D eigenvalue weighted by atomic mass is 16.2. The summed E-state index contributed by atoms with van der Waals surface area (Å²) < 4.78 is 0. The normalized spacial score (nSPS) is 8.60.